The van der Waals surface area contributed by atoms with Gasteiger partial charge in [-0.3, -0.25) is 0 Å². The minimum Gasteiger partial charge on any atom is -0.157 e. The van der Waals surface area contributed by atoms with Crippen LogP contribution in [0.15, 0.2) is 0 Å². The second-order valence-corrected chi connectivity index (χ2v) is 17.6. The van der Waals surface area contributed by atoms with Gasteiger partial charge in [0, 0.05) is 44.0 Å². The summed E-state index contributed by atoms with van der Waals surface area (Å²) < 4.78 is 0. The zero-order valence-corrected chi connectivity index (χ0v) is 22.9. The van der Waals surface area contributed by atoms with Crippen molar-refractivity contribution in [3.63, 3.8) is 0 Å². The fourth-order valence-electron chi connectivity index (χ4n) is 8.06. The molecule has 4 aliphatic heterocycles. The highest BCUT2D eigenvalue weighted by molar-refractivity contribution is 8.07. The van der Waals surface area contributed by atoms with Gasteiger partial charge in [-0.05, 0) is 106 Å². The number of rotatable bonds is 11. The molecule has 6 aliphatic rings. The number of hydrogen-bond donors (Lipinski definition) is 0. The fourth-order valence-corrected chi connectivity index (χ4v) is 10.8. The van der Waals surface area contributed by atoms with Crippen molar-refractivity contribution in [2.75, 3.05) is 23.0 Å². The van der Waals surface area contributed by atoms with Crippen molar-refractivity contribution in [1.29, 1.82) is 0 Å². The summed E-state index contributed by atoms with van der Waals surface area (Å²) in [5, 5.41) is 4.20. The van der Waals surface area contributed by atoms with E-state index in [1.807, 2.05) is 0 Å². The molecule has 2 saturated carbocycles. The Morgan fingerprint density at radius 2 is 0.806 bits per heavy atom. The van der Waals surface area contributed by atoms with E-state index in [4.69, 9.17) is 0 Å². The van der Waals surface area contributed by atoms with Gasteiger partial charge in [0.2, 0.25) is 0 Å². The van der Waals surface area contributed by atoms with Crippen LogP contribution >= 0.6 is 47.0 Å². The normalized spacial score (nSPS) is 49.5. The van der Waals surface area contributed by atoms with Gasteiger partial charge in [-0.15, -0.1) is 0 Å². The molecule has 0 aromatic heterocycles. The van der Waals surface area contributed by atoms with Crippen molar-refractivity contribution in [3.05, 3.63) is 0 Å². The summed E-state index contributed by atoms with van der Waals surface area (Å²) >= 11 is 8.99. The Kier molecular flexibility index (Phi) is 7.50. The Bertz CT molecular complexity index is 500. The maximum Gasteiger partial charge on any atom is 0.0141 e. The molecule has 176 valence electrons. The first-order chi connectivity index (χ1) is 15.2. The van der Waals surface area contributed by atoms with Crippen molar-refractivity contribution < 1.29 is 0 Å². The largest absolute Gasteiger partial charge is 0.157 e. The topological polar surface area (TPSA) is 0 Å². The lowest BCUT2D eigenvalue weighted by Crippen LogP contribution is -2.36. The smallest absolute Gasteiger partial charge is 0.0141 e. The molecule has 0 spiro atoms. The molecule has 8 unspecified atom stereocenters. The third-order valence-corrected chi connectivity index (χ3v) is 13.5. The second kappa shape index (κ2) is 10.2. The van der Waals surface area contributed by atoms with Crippen LogP contribution in [0.1, 0.15) is 77.6 Å². The van der Waals surface area contributed by atoms with E-state index in [0.717, 1.165) is 62.4 Å². The molecule has 0 bridgehead atoms. The molecule has 31 heavy (non-hydrogen) atoms. The Labute approximate surface area is 209 Å². The van der Waals surface area contributed by atoms with Crippen molar-refractivity contribution >= 4 is 47.0 Å². The molecule has 4 saturated heterocycles. The highest BCUT2D eigenvalue weighted by Crippen LogP contribution is 2.53. The van der Waals surface area contributed by atoms with Gasteiger partial charge in [0.15, 0.2) is 0 Å². The first kappa shape index (κ1) is 22.8. The molecule has 0 nitrogen and oxygen atoms in total. The van der Waals surface area contributed by atoms with Crippen LogP contribution in [0.5, 0.6) is 0 Å². The molecular weight excluding hydrogens is 453 g/mol. The molecule has 0 aromatic carbocycles. The van der Waals surface area contributed by atoms with Crippen LogP contribution in [0.2, 0.25) is 0 Å². The molecule has 8 atom stereocenters. The molecule has 6 rings (SSSR count). The quantitative estimate of drug-likeness (QED) is 0.265. The van der Waals surface area contributed by atoms with E-state index in [-0.39, 0.29) is 0 Å². The first-order valence-electron chi connectivity index (χ1n) is 13.7. The zero-order valence-electron chi connectivity index (χ0n) is 19.6. The lowest BCUT2D eigenvalue weighted by molar-refractivity contribution is 0.0541. The van der Waals surface area contributed by atoms with Crippen LogP contribution in [-0.2, 0) is 0 Å². The van der Waals surface area contributed by atoms with E-state index in [0.29, 0.717) is 0 Å². The monoisotopic (exact) mass is 496 g/mol. The summed E-state index contributed by atoms with van der Waals surface area (Å²) in [4.78, 5) is 0. The Morgan fingerprint density at radius 1 is 0.516 bits per heavy atom. The van der Waals surface area contributed by atoms with E-state index in [2.05, 4.69) is 54.0 Å². The molecule has 6 fully saturated rings. The lowest BCUT2D eigenvalue weighted by atomic mass is 9.60. The van der Waals surface area contributed by atoms with Gasteiger partial charge in [-0.2, -0.15) is 47.0 Å². The van der Waals surface area contributed by atoms with Crippen LogP contribution < -0.4 is 0 Å². The molecule has 2 aliphatic carbocycles. The van der Waals surface area contributed by atoms with Crippen LogP contribution in [0, 0.1) is 41.4 Å². The Balaban J connectivity index is 1.13. The predicted octanol–water partition coefficient (Wildman–Crippen LogP) is 8.10. The SMILES string of the molecule is CCC(C1CC(CC2CS2)CC(CC2CS2)C1)C1CC(CC2CS2)CC(CC2CS2)C1. The molecule has 4 heterocycles. The van der Waals surface area contributed by atoms with Gasteiger partial charge in [0.05, 0.1) is 0 Å². The lowest BCUT2D eigenvalue weighted by Gasteiger charge is -2.45. The second-order valence-electron chi connectivity index (χ2n) is 12.2. The van der Waals surface area contributed by atoms with Crippen molar-refractivity contribution in [3.8, 4) is 0 Å². The number of hydrogen-bond acceptors (Lipinski definition) is 4. The maximum absolute atomic E-state index is 2.57. The van der Waals surface area contributed by atoms with Crippen LogP contribution in [-0.4, -0.2) is 44.0 Å². The molecule has 4 heteroatoms. The maximum atomic E-state index is 2.57. The standard InChI is InChI=1S/C27H44S4/c1-2-27(21-5-17(9-23-13-28-23)3-18(6-21)10-24-14-29-24)22-7-19(11-25-15-30-25)4-20(8-22)12-26-16-31-26/h17-27H,2-16H2,1H3. The van der Waals surface area contributed by atoms with Crippen molar-refractivity contribution in [2.45, 2.75) is 98.6 Å². The third-order valence-electron chi connectivity index (χ3n) is 9.55. The summed E-state index contributed by atoms with van der Waals surface area (Å²) in [6, 6.07) is 0. The summed E-state index contributed by atoms with van der Waals surface area (Å²) in [6.45, 7) is 2.57. The van der Waals surface area contributed by atoms with E-state index in [1.165, 1.54) is 29.4 Å². The highest BCUT2D eigenvalue weighted by atomic mass is 32.2. The van der Waals surface area contributed by atoms with Gasteiger partial charge >= 0.3 is 0 Å². The summed E-state index contributed by atoms with van der Waals surface area (Å²) in [7, 11) is 0. The van der Waals surface area contributed by atoms with Crippen LogP contribution in [0.3, 0.4) is 0 Å². The van der Waals surface area contributed by atoms with E-state index in [9.17, 15) is 0 Å². The van der Waals surface area contributed by atoms with Gasteiger partial charge in [-0.1, -0.05) is 13.3 Å². The predicted molar refractivity (Wildman–Crippen MR) is 146 cm³/mol. The third kappa shape index (κ3) is 6.75. The zero-order chi connectivity index (χ0) is 20.8. The van der Waals surface area contributed by atoms with Crippen LogP contribution in [0.25, 0.3) is 0 Å². The Hall–Kier alpha value is 1.40. The van der Waals surface area contributed by atoms with Gasteiger partial charge in [0.1, 0.15) is 0 Å². The minimum absolute atomic E-state index is 1.05. The molecule has 0 amide bonds. The summed E-state index contributed by atoms with van der Waals surface area (Å²) in [5.74, 6) is 13.4. The van der Waals surface area contributed by atoms with E-state index >= 15 is 0 Å². The molecule has 0 N–H and O–H groups in total. The summed E-state index contributed by atoms with van der Waals surface area (Å²) in [6.07, 6.45) is 17.3. The number of thioether (sulfide) groups is 4. The average molecular weight is 497 g/mol. The molecule has 0 radical (unpaired) electrons. The molecule has 0 aromatic rings. The highest BCUT2D eigenvalue weighted by Gasteiger charge is 2.43. The fraction of sp³-hybridized carbons (Fsp3) is 1.00. The van der Waals surface area contributed by atoms with E-state index < -0.39 is 0 Å². The minimum atomic E-state index is 1.05. The van der Waals surface area contributed by atoms with Crippen molar-refractivity contribution in [1.82, 2.24) is 0 Å². The van der Waals surface area contributed by atoms with Gasteiger partial charge in [-0.25, -0.2) is 0 Å². The van der Waals surface area contributed by atoms with Gasteiger partial charge in [0.25, 0.3) is 0 Å². The van der Waals surface area contributed by atoms with Gasteiger partial charge < -0.3 is 0 Å². The first-order valence-corrected chi connectivity index (χ1v) is 17.9. The van der Waals surface area contributed by atoms with E-state index in [1.54, 1.807) is 64.2 Å². The summed E-state index contributed by atoms with van der Waals surface area (Å²) in [5.41, 5.74) is 0. The van der Waals surface area contributed by atoms with Crippen molar-refractivity contribution in [2.24, 2.45) is 41.4 Å². The average Bonchev–Trinajstić information content (AvgIpc) is 3.57. The van der Waals surface area contributed by atoms with Crippen LogP contribution in [0.4, 0.5) is 0 Å². The molecular formula is C27H44S4. The Morgan fingerprint density at radius 3 is 1.03 bits per heavy atom.